The molecule has 1 aromatic heterocycles. The monoisotopic (exact) mass is 356 g/mol. The Bertz CT molecular complexity index is 778. The van der Waals surface area contributed by atoms with Crippen molar-refractivity contribution in [2.75, 3.05) is 19.0 Å². The highest BCUT2D eigenvalue weighted by Gasteiger charge is 2.28. The predicted molar refractivity (Wildman–Crippen MR) is 103 cm³/mol. The summed E-state index contributed by atoms with van der Waals surface area (Å²) in [4.78, 5) is 20.0. The highest BCUT2D eigenvalue weighted by atomic mass is 16.5. The third-order valence-corrected chi connectivity index (χ3v) is 4.88. The summed E-state index contributed by atoms with van der Waals surface area (Å²) >= 11 is 0. The van der Waals surface area contributed by atoms with Crippen LogP contribution in [0.25, 0.3) is 0 Å². The van der Waals surface area contributed by atoms with Gasteiger partial charge in [-0.25, -0.2) is 4.98 Å². The normalized spacial score (nSPS) is 14.6. The van der Waals surface area contributed by atoms with Crippen LogP contribution in [0.15, 0.2) is 24.3 Å². The van der Waals surface area contributed by atoms with Gasteiger partial charge < -0.3 is 14.6 Å². The van der Waals surface area contributed by atoms with Crippen LogP contribution in [0.5, 0.6) is 5.75 Å². The molecule has 1 aliphatic rings. The number of rotatable bonds is 5. The van der Waals surface area contributed by atoms with Gasteiger partial charge >= 0.3 is 0 Å². The van der Waals surface area contributed by atoms with Gasteiger partial charge in [0.05, 0.1) is 12.8 Å². The molecule has 2 aromatic rings. The maximum atomic E-state index is 12.9. The van der Waals surface area contributed by atoms with Crippen molar-refractivity contribution in [1.29, 1.82) is 0 Å². The zero-order valence-corrected chi connectivity index (χ0v) is 16.2. The number of ether oxygens (including phenoxy) is 1. The third-order valence-electron chi connectivity index (χ3n) is 4.88. The maximum Gasteiger partial charge on any atom is 0.291 e. The SMILES string of the molecule is COc1ccc(NC(=O)c2nc3c(n2C(C)C)CCN(C(C)C)C3)cc1. The van der Waals surface area contributed by atoms with E-state index in [1.807, 2.05) is 24.3 Å². The lowest BCUT2D eigenvalue weighted by Gasteiger charge is -2.30. The van der Waals surface area contributed by atoms with Crippen molar-refractivity contribution in [2.45, 2.75) is 52.7 Å². The van der Waals surface area contributed by atoms with Crippen LogP contribution in [-0.4, -0.2) is 40.1 Å². The molecule has 0 fully saturated rings. The molecule has 0 aliphatic carbocycles. The molecule has 1 aliphatic heterocycles. The van der Waals surface area contributed by atoms with E-state index >= 15 is 0 Å². The summed E-state index contributed by atoms with van der Waals surface area (Å²) < 4.78 is 7.25. The number of amides is 1. The van der Waals surface area contributed by atoms with E-state index < -0.39 is 0 Å². The van der Waals surface area contributed by atoms with Crippen LogP contribution in [0.3, 0.4) is 0 Å². The second-order valence-electron chi connectivity index (χ2n) is 7.29. The van der Waals surface area contributed by atoms with Gasteiger partial charge in [0, 0.05) is 43.0 Å². The molecule has 0 saturated carbocycles. The number of carbonyl (C=O) groups is 1. The molecule has 1 amide bonds. The molecule has 0 spiro atoms. The molecule has 0 atom stereocenters. The Labute approximate surface area is 155 Å². The van der Waals surface area contributed by atoms with Crippen LogP contribution in [0.2, 0.25) is 0 Å². The number of methoxy groups -OCH3 is 1. The van der Waals surface area contributed by atoms with Gasteiger partial charge in [-0.15, -0.1) is 0 Å². The number of nitrogens with zero attached hydrogens (tertiary/aromatic N) is 3. The smallest absolute Gasteiger partial charge is 0.291 e. The van der Waals surface area contributed by atoms with Crippen LogP contribution in [-0.2, 0) is 13.0 Å². The number of benzene rings is 1. The summed E-state index contributed by atoms with van der Waals surface area (Å²) in [5, 5.41) is 2.96. The van der Waals surface area contributed by atoms with E-state index in [4.69, 9.17) is 9.72 Å². The van der Waals surface area contributed by atoms with Crippen LogP contribution in [0, 0.1) is 0 Å². The van der Waals surface area contributed by atoms with Crippen LogP contribution >= 0.6 is 0 Å². The highest BCUT2D eigenvalue weighted by molar-refractivity contribution is 6.02. The molecule has 0 saturated heterocycles. The maximum absolute atomic E-state index is 12.9. The van der Waals surface area contributed by atoms with Crippen molar-refractivity contribution in [3.05, 3.63) is 41.5 Å². The second-order valence-corrected chi connectivity index (χ2v) is 7.29. The molecular weight excluding hydrogens is 328 g/mol. The molecule has 140 valence electrons. The summed E-state index contributed by atoms with van der Waals surface area (Å²) in [6, 6.07) is 7.99. The van der Waals surface area contributed by atoms with E-state index in [0.29, 0.717) is 11.9 Å². The first-order valence-electron chi connectivity index (χ1n) is 9.20. The molecule has 3 rings (SSSR count). The van der Waals surface area contributed by atoms with Crippen molar-refractivity contribution >= 4 is 11.6 Å². The van der Waals surface area contributed by atoms with Gasteiger partial charge in [0.15, 0.2) is 5.82 Å². The van der Waals surface area contributed by atoms with Gasteiger partial charge in [0.25, 0.3) is 5.91 Å². The zero-order valence-electron chi connectivity index (χ0n) is 16.2. The van der Waals surface area contributed by atoms with Gasteiger partial charge in [-0.1, -0.05) is 0 Å². The second kappa shape index (κ2) is 7.50. The Morgan fingerprint density at radius 3 is 2.42 bits per heavy atom. The van der Waals surface area contributed by atoms with Crippen LogP contribution in [0.1, 0.15) is 55.7 Å². The Balaban J connectivity index is 1.87. The lowest BCUT2D eigenvalue weighted by molar-refractivity contribution is 0.101. The largest absolute Gasteiger partial charge is 0.497 e. The minimum absolute atomic E-state index is 0.172. The quantitative estimate of drug-likeness (QED) is 0.891. The first kappa shape index (κ1) is 18.5. The number of nitrogens with one attached hydrogen (secondary N) is 1. The van der Waals surface area contributed by atoms with E-state index in [1.165, 1.54) is 5.69 Å². The minimum Gasteiger partial charge on any atom is -0.497 e. The molecule has 6 heteroatoms. The highest BCUT2D eigenvalue weighted by Crippen LogP contribution is 2.26. The van der Waals surface area contributed by atoms with E-state index in [0.717, 1.165) is 36.6 Å². The van der Waals surface area contributed by atoms with Crippen molar-refractivity contribution in [1.82, 2.24) is 14.5 Å². The fourth-order valence-electron chi connectivity index (χ4n) is 3.44. The standard InChI is InChI=1S/C20H28N4O2/c1-13(2)23-11-10-18-17(12-23)22-19(24(18)14(3)4)20(25)21-15-6-8-16(26-5)9-7-15/h6-9,13-14H,10-12H2,1-5H3,(H,21,25). The predicted octanol–water partition coefficient (Wildman–Crippen LogP) is 3.49. The summed E-state index contributed by atoms with van der Waals surface area (Å²) in [5.74, 6) is 1.08. The Kier molecular flexibility index (Phi) is 5.32. The summed E-state index contributed by atoms with van der Waals surface area (Å²) in [5.41, 5.74) is 2.95. The topological polar surface area (TPSA) is 59.4 Å². The fraction of sp³-hybridized carbons (Fsp3) is 0.500. The molecule has 26 heavy (non-hydrogen) atoms. The van der Waals surface area contributed by atoms with E-state index in [2.05, 4.69) is 42.5 Å². The van der Waals surface area contributed by atoms with Crippen molar-refractivity contribution in [2.24, 2.45) is 0 Å². The number of carbonyl (C=O) groups excluding carboxylic acids is 1. The number of fused-ring (bicyclic) bond motifs is 1. The average Bonchev–Trinajstić information content (AvgIpc) is 3.01. The van der Waals surface area contributed by atoms with Gasteiger partial charge in [-0.2, -0.15) is 0 Å². The fourth-order valence-corrected chi connectivity index (χ4v) is 3.44. The average molecular weight is 356 g/mol. The lowest BCUT2D eigenvalue weighted by Crippen LogP contribution is -2.36. The van der Waals surface area contributed by atoms with E-state index in [-0.39, 0.29) is 11.9 Å². The molecular formula is C20H28N4O2. The molecule has 1 N–H and O–H groups in total. The molecule has 1 aromatic carbocycles. The Morgan fingerprint density at radius 2 is 1.85 bits per heavy atom. The molecule has 0 radical (unpaired) electrons. The van der Waals surface area contributed by atoms with Gasteiger partial charge in [-0.3, -0.25) is 9.69 Å². The Morgan fingerprint density at radius 1 is 1.15 bits per heavy atom. The van der Waals surface area contributed by atoms with E-state index in [9.17, 15) is 4.79 Å². The third kappa shape index (κ3) is 3.60. The summed E-state index contributed by atoms with van der Waals surface area (Å²) in [6.45, 7) is 10.4. The number of aromatic nitrogens is 2. The van der Waals surface area contributed by atoms with Crippen LogP contribution < -0.4 is 10.1 Å². The summed E-state index contributed by atoms with van der Waals surface area (Å²) in [7, 11) is 1.62. The first-order chi connectivity index (χ1) is 12.4. The minimum atomic E-state index is -0.172. The van der Waals surface area contributed by atoms with E-state index in [1.54, 1.807) is 7.11 Å². The molecule has 0 bridgehead atoms. The number of hydrogen-bond acceptors (Lipinski definition) is 4. The summed E-state index contributed by atoms with van der Waals surface area (Å²) in [6.07, 6.45) is 0.925. The first-order valence-corrected chi connectivity index (χ1v) is 9.20. The van der Waals surface area contributed by atoms with Crippen LogP contribution in [0.4, 0.5) is 5.69 Å². The Hall–Kier alpha value is -2.34. The number of imidazole rings is 1. The zero-order chi connectivity index (χ0) is 18.8. The number of hydrogen-bond donors (Lipinski definition) is 1. The van der Waals surface area contributed by atoms with Crippen molar-refractivity contribution < 1.29 is 9.53 Å². The van der Waals surface area contributed by atoms with Crippen molar-refractivity contribution in [3.8, 4) is 5.75 Å². The van der Waals surface area contributed by atoms with Gasteiger partial charge in [0.2, 0.25) is 0 Å². The van der Waals surface area contributed by atoms with Gasteiger partial charge in [-0.05, 0) is 52.0 Å². The lowest BCUT2D eigenvalue weighted by atomic mass is 10.1. The van der Waals surface area contributed by atoms with Gasteiger partial charge in [0.1, 0.15) is 5.75 Å². The molecule has 0 unspecified atom stereocenters. The molecule has 6 nitrogen and oxygen atoms in total. The number of anilines is 1. The van der Waals surface area contributed by atoms with Crippen molar-refractivity contribution in [3.63, 3.8) is 0 Å². The molecule has 2 heterocycles.